The molecule has 188 valence electrons. The summed E-state index contributed by atoms with van der Waals surface area (Å²) in [5.74, 6) is -2.19. The number of ether oxygens (including phenoxy) is 1. The van der Waals surface area contributed by atoms with Gasteiger partial charge in [-0.15, -0.1) is 0 Å². The van der Waals surface area contributed by atoms with Crippen LogP contribution in [0.4, 0.5) is 13.2 Å². The van der Waals surface area contributed by atoms with E-state index in [-0.39, 0.29) is 16.5 Å². The Morgan fingerprint density at radius 1 is 1.24 bits per heavy atom. The van der Waals surface area contributed by atoms with Crippen LogP contribution in [0.25, 0.3) is 11.3 Å². The maximum absolute atomic E-state index is 10.6. The van der Waals surface area contributed by atoms with Crippen LogP contribution in [0.3, 0.4) is 0 Å². The van der Waals surface area contributed by atoms with Crippen LogP contribution in [0.1, 0.15) is 36.9 Å². The third-order valence-electron chi connectivity index (χ3n) is 6.22. The van der Waals surface area contributed by atoms with Gasteiger partial charge in [0.15, 0.2) is 0 Å². The smallest absolute Gasteiger partial charge is 0.490 e. The van der Waals surface area contributed by atoms with Crippen molar-refractivity contribution in [3.05, 3.63) is 28.4 Å². The maximum Gasteiger partial charge on any atom is 0.490 e. The van der Waals surface area contributed by atoms with Gasteiger partial charge in [-0.3, -0.25) is 10.00 Å². The highest BCUT2D eigenvalue weighted by Crippen LogP contribution is 2.39. The molecular formula is C22H27ClF3N3O5. The minimum atomic E-state index is -5.08. The van der Waals surface area contributed by atoms with Crippen LogP contribution in [0.2, 0.25) is 5.02 Å². The van der Waals surface area contributed by atoms with E-state index in [1.807, 2.05) is 7.11 Å². The lowest BCUT2D eigenvalue weighted by Gasteiger charge is -2.34. The van der Waals surface area contributed by atoms with E-state index in [9.17, 15) is 23.4 Å². The van der Waals surface area contributed by atoms with Crippen molar-refractivity contribution >= 4 is 17.6 Å². The zero-order valence-corrected chi connectivity index (χ0v) is 19.3. The van der Waals surface area contributed by atoms with Gasteiger partial charge >= 0.3 is 12.1 Å². The molecule has 0 amide bonds. The standard InChI is InChI=1S/C20H26ClN3O3.C2HF3O2/c1-27-13-4-2-12(3-5-13)10-24-7-6-17-15(11-24)20(23-22-17)14-8-16(21)19(26)9-18(14)25;3-2(4,5)1(6)7/h8-9,12-13,25-26H,2-7,10-11H2,1H3,(H,22,23);(H,6,7)/t12-,13-;. The van der Waals surface area contributed by atoms with Gasteiger partial charge in [0.25, 0.3) is 0 Å². The third kappa shape index (κ3) is 6.34. The number of aromatic nitrogens is 2. The molecule has 4 N–H and O–H groups in total. The molecule has 1 saturated carbocycles. The molecule has 1 aromatic heterocycles. The van der Waals surface area contributed by atoms with Crippen LogP contribution in [0.5, 0.6) is 11.5 Å². The van der Waals surface area contributed by atoms with Crippen molar-refractivity contribution in [3.63, 3.8) is 0 Å². The number of carboxylic acid groups (broad SMARTS) is 1. The van der Waals surface area contributed by atoms with Gasteiger partial charge in [-0.25, -0.2) is 4.79 Å². The fraction of sp³-hybridized carbons (Fsp3) is 0.545. The molecule has 0 unspecified atom stereocenters. The molecule has 2 heterocycles. The quantitative estimate of drug-likeness (QED) is 0.488. The second-order valence-electron chi connectivity index (χ2n) is 8.52. The van der Waals surface area contributed by atoms with Crippen molar-refractivity contribution in [2.75, 3.05) is 20.2 Å². The second-order valence-corrected chi connectivity index (χ2v) is 8.92. The molecule has 34 heavy (non-hydrogen) atoms. The van der Waals surface area contributed by atoms with E-state index < -0.39 is 12.1 Å². The summed E-state index contributed by atoms with van der Waals surface area (Å²) < 4.78 is 37.2. The minimum Gasteiger partial charge on any atom is -0.507 e. The Labute approximate surface area is 199 Å². The number of phenolic OH excluding ortho intramolecular Hbond substituents is 2. The number of aliphatic carboxylic acids is 1. The van der Waals surface area contributed by atoms with Crippen LogP contribution in [0, 0.1) is 5.92 Å². The Morgan fingerprint density at radius 2 is 1.88 bits per heavy atom. The Kier molecular flexibility index (Phi) is 8.32. The van der Waals surface area contributed by atoms with E-state index in [0.717, 1.165) is 55.8 Å². The molecule has 0 spiro atoms. The van der Waals surface area contributed by atoms with Crippen molar-refractivity contribution in [1.29, 1.82) is 0 Å². The first kappa shape index (κ1) is 26.1. The molecule has 8 nitrogen and oxygen atoms in total. The molecule has 0 radical (unpaired) electrons. The number of rotatable bonds is 4. The number of carbonyl (C=O) groups is 1. The number of nitrogens with zero attached hydrogens (tertiary/aromatic N) is 2. The molecule has 0 bridgehead atoms. The summed E-state index contributed by atoms with van der Waals surface area (Å²) >= 11 is 6.05. The number of hydrogen-bond acceptors (Lipinski definition) is 6. The number of H-pyrrole nitrogens is 1. The van der Waals surface area contributed by atoms with E-state index in [4.69, 9.17) is 26.2 Å². The van der Waals surface area contributed by atoms with Gasteiger partial charge in [0.1, 0.15) is 17.2 Å². The summed E-state index contributed by atoms with van der Waals surface area (Å²) in [4.78, 5) is 11.4. The summed E-state index contributed by atoms with van der Waals surface area (Å²) in [6, 6.07) is 2.85. The van der Waals surface area contributed by atoms with Crippen LogP contribution in [-0.4, -0.2) is 68.9 Å². The Morgan fingerprint density at radius 3 is 2.47 bits per heavy atom. The van der Waals surface area contributed by atoms with Gasteiger partial charge in [-0.1, -0.05) is 11.6 Å². The van der Waals surface area contributed by atoms with E-state index >= 15 is 0 Å². The van der Waals surface area contributed by atoms with Gasteiger partial charge in [0, 0.05) is 56.1 Å². The monoisotopic (exact) mass is 505 g/mol. The molecule has 1 aromatic carbocycles. The zero-order valence-electron chi connectivity index (χ0n) is 18.5. The van der Waals surface area contributed by atoms with Crippen LogP contribution in [-0.2, 0) is 22.5 Å². The van der Waals surface area contributed by atoms with E-state index in [0.29, 0.717) is 17.6 Å². The fourth-order valence-corrected chi connectivity index (χ4v) is 4.55. The lowest BCUT2D eigenvalue weighted by atomic mass is 9.86. The number of carboxylic acids is 1. The van der Waals surface area contributed by atoms with Gasteiger partial charge in [-0.05, 0) is 37.7 Å². The fourth-order valence-electron chi connectivity index (χ4n) is 4.39. The summed E-state index contributed by atoms with van der Waals surface area (Å²) in [5.41, 5.74) is 3.51. The molecule has 2 aromatic rings. The highest BCUT2D eigenvalue weighted by molar-refractivity contribution is 6.32. The van der Waals surface area contributed by atoms with Crippen LogP contribution >= 0.6 is 11.6 Å². The normalized spacial score (nSPS) is 20.9. The van der Waals surface area contributed by atoms with E-state index in [1.165, 1.54) is 18.9 Å². The lowest BCUT2D eigenvalue weighted by Crippen LogP contribution is -2.36. The highest BCUT2D eigenvalue weighted by Gasteiger charge is 2.38. The second kappa shape index (κ2) is 10.8. The third-order valence-corrected chi connectivity index (χ3v) is 6.52. The Bertz CT molecular complexity index is 1010. The average Bonchev–Trinajstić information content (AvgIpc) is 3.19. The number of phenols is 2. The molecule has 0 saturated heterocycles. The first-order chi connectivity index (χ1) is 16.0. The number of alkyl halides is 3. The minimum absolute atomic E-state index is 0.0128. The zero-order chi connectivity index (χ0) is 25.0. The van der Waals surface area contributed by atoms with Gasteiger partial charge in [0.05, 0.1) is 11.1 Å². The van der Waals surface area contributed by atoms with Crippen molar-refractivity contribution in [1.82, 2.24) is 15.1 Å². The van der Waals surface area contributed by atoms with Crippen molar-refractivity contribution in [2.45, 2.75) is 50.9 Å². The lowest BCUT2D eigenvalue weighted by molar-refractivity contribution is -0.192. The molecule has 1 aliphatic heterocycles. The van der Waals surface area contributed by atoms with Crippen LogP contribution in [0.15, 0.2) is 12.1 Å². The van der Waals surface area contributed by atoms with Gasteiger partial charge in [-0.2, -0.15) is 18.3 Å². The first-order valence-electron chi connectivity index (χ1n) is 10.8. The largest absolute Gasteiger partial charge is 0.507 e. The molecule has 0 atom stereocenters. The molecule has 1 aliphatic carbocycles. The summed E-state index contributed by atoms with van der Waals surface area (Å²) in [6.45, 7) is 2.91. The topological polar surface area (TPSA) is 119 Å². The number of halogens is 4. The predicted octanol–water partition coefficient (Wildman–Crippen LogP) is 4.34. The Balaban J connectivity index is 0.000000406. The maximum atomic E-state index is 10.6. The van der Waals surface area contributed by atoms with Crippen molar-refractivity contribution in [3.8, 4) is 22.8 Å². The number of hydrogen-bond donors (Lipinski definition) is 4. The van der Waals surface area contributed by atoms with E-state index in [1.54, 1.807) is 6.07 Å². The summed E-state index contributed by atoms with van der Waals surface area (Å²) in [7, 11) is 1.81. The first-order valence-corrected chi connectivity index (χ1v) is 11.2. The van der Waals surface area contributed by atoms with Crippen molar-refractivity contribution in [2.24, 2.45) is 5.92 Å². The predicted molar refractivity (Wildman–Crippen MR) is 118 cm³/mol. The van der Waals surface area contributed by atoms with Crippen molar-refractivity contribution < 1.29 is 38.0 Å². The molecule has 2 aliphatic rings. The Hall–Kier alpha value is -2.50. The number of aromatic hydroxyl groups is 2. The molecule has 4 rings (SSSR count). The SMILES string of the molecule is CO[C@H]1CC[C@H](CN2CCc3[nH]nc(-c4cc(Cl)c(O)cc4O)c3C2)CC1.O=C(O)C(F)(F)F. The number of fused-ring (bicyclic) bond motifs is 1. The average molecular weight is 506 g/mol. The number of aromatic amines is 1. The highest BCUT2D eigenvalue weighted by atomic mass is 35.5. The number of methoxy groups -OCH3 is 1. The molecule has 1 fully saturated rings. The molecular weight excluding hydrogens is 479 g/mol. The molecule has 12 heteroatoms. The van der Waals surface area contributed by atoms with Gasteiger partial charge in [0.2, 0.25) is 0 Å². The van der Waals surface area contributed by atoms with E-state index in [2.05, 4.69) is 15.1 Å². The van der Waals surface area contributed by atoms with Gasteiger partial charge < -0.3 is 20.1 Å². The number of benzene rings is 1. The summed E-state index contributed by atoms with van der Waals surface area (Å²) in [5, 5.41) is 34.8. The summed E-state index contributed by atoms with van der Waals surface area (Å²) in [6.07, 6.45) is 0.997. The van der Waals surface area contributed by atoms with Crippen LogP contribution < -0.4 is 0 Å². The number of nitrogens with one attached hydrogen (secondary N) is 1.